The molecule has 0 aliphatic heterocycles. The molecule has 2 N–H and O–H groups in total. The molecule has 2 aromatic rings. The van der Waals surface area contributed by atoms with Crippen LogP contribution >= 0.6 is 23.4 Å². The third kappa shape index (κ3) is 7.54. The maximum absolute atomic E-state index is 12.3. The summed E-state index contributed by atoms with van der Waals surface area (Å²) in [5.74, 6) is 0.509. The molecule has 0 heterocycles. The van der Waals surface area contributed by atoms with E-state index in [-0.39, 0.29) is 10.8 Å². The van der Waals surface area contributed by atoms with Gasteiger partial charge in [0.2, 0.25) is 15.9 Å². The van der Waals surface area contributed by atoms with E-state index in [9.17, 15) is 13.2 Å². The van der Waals surface area contributed by atoms with Crippen molar-refractivity contribution in [2.75, 3.05) is 11.1 Å². The van der Waals surface area contributed by atoms with Crippen molar-refractivity contribution in [2.24, 2.45) is 0 Å². The lowest BCUT2D eigenvalue weighted by molar-refractivity contribution is -0.115. The van der Waals surface area contributed by atoms with Crippen molar-refractivity contribution >= 4 is 45.0 Å². The summed E-state index contributed by atoms with van der Waals surface area (Å²) in [6, 6.07) is 13.6. The van der Waals surface area contributed by atoms with E-state index in [0.717, 1.165) is 4.90 Å². The Balaban J connectivity index is 1.86. The molecule has 0 aliphatic rings. The fourth-order valence-electron chi connectivity index (χ4n) is 2.20. The zero-order valence-electron chi connectivity index (χ0n) is 15.5. The summed E-state index contributed by atoms with van der Waals surface area (Å²) in [7, 11) is -3.59. The van der Waals surface area contributed by atoms with Crippen molar-refractivity contribution in [3.05, 3.63) is 53.6 Å². The Kier molecular flexibility index (Phi) is 7.33. The first-order valence-electron chi connectivity index (χ1n) is 8.37. The van der Waals surface area contributed by atoms with Gasteiger partial charge in [0.15, 0.2) is 0 Å². The summed E-state index contributed by atoms with van der Waals surface area (Å²) in [6.07, 6.45) is 0.346. The Morgan fingerprint density at radius 2 is 1.63 bits per heavy atom. The van der Waals surface area contributed by atoms with E-state index in [0.29, 0.717) is 22.9 Å². The SMILES string of the molecule is CC(C)(C)NS(=O)(=O)c1ccc(NC(=O)CCSc2ccc(Cl)cc2)cc1. The van der Waals surface area contributed by atoms with Gasteiger partial charge in [-0.15, -0.1) is 11.8 Å². The summed E-state index contributed by atoms with van der Waals surface area (Å²) >= 11 is 7.41. The summed E-state index contributed by atoms with van der Waals surface area (Å²) < 4.78 is 27.1. The first-order valence-corrected chi connectivity index (χ1v) is 11.2. The molecule has 8 heteroatoms. The fourth-order valence-corrected chi connectivity index (χ4v) is 4.59. The minimum Gasteiger partial charge on any atom is -0.326 e. The number of rotatable bonds is 7. The molecular weight excluding hydrogens is 404 g/mol. The van der Waals surface area contributed by atoms with Crippen LogP contribution in [0.1, 0.15) is 27.2 Å². The molecule has 0 saturated heterocycles. The normalized spacial score (nSPS) is 12.0. The molecule has 0 aromatic heterocycles. The van der Waals surface area contributed by atoms with E-state index in [1.165, 1.54) is 12.1 Å². The van der Waals surface area contributed by atoms with Gasteiger partial charge in [-0.2, -0.15) is 0 Å². The number of hydrogen-bond acceptors (Lipinski definition) is 4. The van der Waals surface area contributed by atoms with Crippen molar-refractivity contribution < 1.29 is 13.2 Å². The second-order valence-electron chi connectivity index (χ2n) is 6.98. The lowest BCUT2D eigenvalue weighted by atomic mass is 10.1. The number of hydrogen-bond donors (Lipinski definition) is 2. The van der Waals surface area contributed by atoms with Crippen molar-refractivity contribution in [3.63, 3.8) is 0 Å². The Morgan fingerprint density at radius 1 is 1.04 bits per heavy atom. The lowest BCUT2D eigenvalue weighted by Gasteiger charge is -2.20. The summed E-state index contributed by atoms with van der Waals surface area (Å²) in [5, 5.41) is 3.46. The van der Waals surface area contributed by atoms with Crippen molar-refractivity contribution in [1.82, 2.24) is 4.72 Å². The second kappa shape index (κ2) is 9.10. The maximum Gasteiger partial charge on any atom is 0.241 e. The van der Waals surface area contributed by atoms with Crippen LogP contribution in [0.15, 0.2) is 58.3 Å². The van der Waals surface area contributed by atoms with Crippen molar-refractivity contribution in [2.45, 2.75) is 42.5 Å². The van der Waals surface area contributed by atoms with Crippen LogP contribution in [0, 0.1) is 0 Å². The van der Waals surface area contributed by atoms with Gasteiger partial charge >= 0.3 is 0 Å². The van der Waals surface area contributed by atoms with E-state index in [2.05, 4.69) is 10.0 Å². The van der Waals surface area contributed by atoms with Crippen LogP contribution in [0.4, 0.5) is 5.69 Å². The monoisotopic (exact) mass is 426 g/mol. The van der Waals surface area contributed by atoms with Crippen LogP contribution < -0.4 is 10.0 Å². The van der Waals surface area contributed by atoms with Gasteiger partial charge in [0.1, 0.15) is 0 Å². The number of benzene rings is 2. The zero-order valence-corrected chi connectivity index (χ0v) is 17.8. The number of sulfonamides is 1. The van der Waals surface area contributed by atoms with Crippen LogP contribution in [0.3, 0.4) is 0 Å². The van der Waals surface area contributed by atoms with Crippen LogP contribution in [0.5, 0.6) is 0 Å². The Labute approximate surface area is 169 Å². The Hall–Kier alpha value is -1.54. The zero-order chi connectivity index (χ0) is 20.1. The molecule has 0 atom stereocenters. The summed E-state index contributed by atoms with van der Waals surface area (Å²) in [6.45, 7) is 5.34. The largest absolute Gasteiger partial charge is 0.326 e. The number of anilines is 1. The molecule has 0 saturated carbocycles. The molecule has 1 amide bonds. The van der Waals surface area contributed by atoms with Gasteiger partial charge in [0, 0.05) is 33.3 Å². The average molecular weight is 427 g/mol. The van der Waals surface area contributed by atoms with E-state index in [1.54, 1.807) is 44.7 Å². The van der Waals surface area contributed by atoms with Gasteiger partial charge in [0.25, 0.3) is 0 Å². The molecule has 0 unspecified atom stereocenters. The van der Waals surface area contributed by atoms with Crippen LogP contribution in [-0.4, -0.2) is 25.6 Å². The molecule has 146 valence electrons. The third-order valence-corrected chi connectivity index (χ3v) is 6.34. The van der Waals surface area contributed by atoms with Crippen LogP contribution in [0.25, 0.3) is 0 Å². The predicted molar refractivity (Wildman–Crippen MR) is 112 cm³/mol. The van der Waals surface area contributed by atoms with Gasteiger partial charge in [0.05, 0.1) is 4.90 Å². The van der Waals surface area contributed by atoms with Gasteiger partial charge in [-0.1, -0.05) is 11.6 Å². The molecular formula is C19H23ClN2O3S2. The molecule has 0 aliphatic carbocycles. The lowest BCUT2D eigenvalue weighted by Crippen LogP contribution is -2.40. The molecule has 27 heavy (non-hydrogen) atoms. The van der Waals surface area contributed by atoms with Crippen molar-refractivity contribution in [3.8, 4) is 0 Å². The first-order chi connectivity index (χ1) is 12.5. The van der Waals surface area contributed by atoms with Gasteiger partial charge < -0.3 is 5.32 Å². The summed E-state index contributed by atoms with van der Waals surface area (Å²) in [5.41, 5.74) is -0.000732. The van der Waals surface area contributed by atoms with Gasteiger partial charge in [-0.3, -0.25) is 4.79 Å². The minimum absolute atomic E-state index is 0.125. The number of nitrogens with one attached hydrogen (secondary N) is 2. The van der Waals surface area contributed by atoms with E-state index < -0.39 is 15.6 Å². The Morgan fingerprint density at radius 3 is 2.19 bits per heavy atom. The number of halogens is 1. The quantitative estimate of drug-likeness (QED) is 0.637. The molecule has 2 rings (SSSR count). The summed E-state index contributed by atoms with van der Waals surface area (Å²) in [4.78, 5) is 13.3. The molecule has 0 fully saturated rings. The average Bonchev–Trinajstić information content (AvgIpc) is 2.55. The van der Waals surface area contributed by atoms with Gasteiger partial charge in [-0.05, 0) is 69.3 Å². The highest BCUT2D eigenvalue weighted by atomic mass is 35.5. The number of amides is 1. The molecule has 0 bridgehead atoms. The predicted octanol–water partition coefficient (Wildman–Crippen LogP) is 4.54. The number of thioether (sulfide) groups is 1. The van der Waals surface area contributed by atoms with E-state index in [4.69, 9.17) is 11.6 Å². The minimum atomic E-state index is -3.59. The topological polar surface area (TPSA) is 75.3 Å². The first kappa shape index (κ1) is 21.8. The molecule has 0 radical (unpaired) electrons. The fraction of sp³-hybridized carbons (Fsp3) is 0.316. The standard InChI is InChI=1S/C19H23ClN2O3S2/c1-19(2,3)22-27(24,25)17-10-6-15(7-11-17)21-18(23)12-13-26-16-8-4-14(20)5-9-16/h4-11,22H,12-13H2,1-3H3,(H,21,23). The molecule has 0 spiro atoms. The molecule has 2 aromatic carbocycles. The van der Waals surface area contributed by atoms with Crippen molar-refractivity contribution in [1.29, 1.82) is 0 Å². The highest BCUT2D eigenvalue weighted by Gasteiger charge is 2.21. The molecule has 5 nitrogen and oxygen atoms in total. The van der Waals surface area contributed by atoms with Crippen LogP contribution in [0.2, 0.25) is 5.02 Å². The van der Waals surface area contributed by atoms with Crippen LogP contribution in [-0.2, 0) is 14.8 Å². The highest BCUT2D eigenvalue weighted by molar-refractivity contribution is 7.99. The van der Waals surface area contributed by atoms with Gasteiger partial charge in [-0.25, -0.2) is 13.1 Å². The number of carbonyl (C=O) groups excluding carboxylic acids is 1. The smallest absolute Gasteiger partial charge is 0.241 e. The maximum atomic E-state index is 12.3. The third-order valence-electron chi connectivity index (χ3n) is 3.30. The number of carbonyl (C=O) groups is 1. The second-order valence-corrected chi connectivity index (χ2v) is 10.3. The Bertz CT molecular complexity index is 875. The van der Waals surface area contributed by atoms with E-state index >= 15 is 0 Å². The van der Waals surface area contributed by atoms with E-state index in [1.807, 2.05) is 24.3 Å². The highest BCUT2D eigenvalue weighted by Crippen LogP contribution is 2.21.